The van der Waals surface area contributed by atoms with E-state index in [4.69, 9.17) is 5.73 Å². The molecule has 0 bridgehead atoms. The van der Waals surface area contributed by atoms with Crippen molar-refractivity contribution >= 4 is 5.69 Å². The van der Waals surface area contributed by atoms with Gasteiger partial charge in [-0.1, -0.05) is 42.2 Å². The predicted octanol–water partition coefficient (Wildman–Crippen LogP) is 2.56. The Labute approximate surface area is 120 Å². The normalized spacial score (nSPS) is 12.8. The highest BCUT2D eigenvalue weighted by atomic mass is 15.1. The maximum absolute atomic E-state index is 5.38. The van der Waals surface area contributed by atoms with Crippen molar-refractivity contribution in [2.24, 2.45) is 5.73 Å². The fourth-order valence-corrected chi connectivity index (χ4v) is 2.64. The predicted molar refractivity (Wildman–Crippen MR) is 83.6 cm³/mol. The lowest BCUT2D eigenvalue weighted by Crippen LogP contribution is -2.19. The SMILES string of the molecule is NCC#Cc1ccc(CN2CCc3ccccc32)cc1. The number of para-hydroxylation sites is 1. The first-order chi connectivity index (χ1) is 9.86. The minimum Gasteiger partial charge on any atom is -0.367 e. The van der Waals surface area contributed by atoms with Crippen LogP contribution in [-0.4, -0.2) is 13.1 Å². The van der Waals surface area contributed by atoms with E-state index in [1.54, 1.807) is 0 Å². The van der Waals surface area contributed by atoms with Gasteiger partial charge in [0.05, 0.1) is 6.54 Å². The molecule has 1 aliphatic heterocycles. The van der Waals surface area contributed by atoms with Crippen LogP contribution in [0.25, 0.3) is 0 Å². The second kappa shape index (κ2) is 5.81. The minimum absolute atomic E-state index is 0.409. The van der Waals surface area contributed by atoms with Crippen molar-refractivity contribution in [2.45, 2.75) is 13.0 Å². The first-order valence-corrected chi connectivity index (χ1v) is 6.97. The van der Waals surface area contributed by atoms with Crippen LogP contribution in [0.1, 0.15) is 16.7 Å². The van der Waals surface area contributed by atoms with E-state index < -0.39 is 0 Å². The van der Waals surface area contributed by atoms with Crippen molar-refractivity contribution in [3.05, 3.63) is 65.2 Å². The molecule has 2 aromatic rings. The van der Waals surface area contributed by atoms with E-state index in [0.29, 0.717) is 6.54 Å². The zero-order chi connectivity index (χ0) is 13.8. The van der Waals surface area contributed by atoms with Gasteiger partial charge in [-0.3, -0.25) is 0 Å². The highest BCUT2D eigenvalue weighted by molar-refractivity contribution is 5.58. The van der Waals surface area contributed by atoms with Gasteiger partial charge >= 0.3 is 0 Å². The summed E-state index contributed by atoms with van der Waals surface area (Å²) in [5.41, 5.74) is 10.6. The van der Waals surface area contributed by atoms with E-state index >= 15 is 0 Å². The highest BCUT2D eigenvalue weighted by Gasteiger charge is 2.17. The third kappa shape index (κ3) is 2.68. The van der Waals surface area contributed by atoms with Crippen LogP contribution in [0.15, 0.2) is 48.5 Å². The van der Waals surface area contributed by atoms with Gasteiger partial charge in [-0.05, 0) is 35.7 Å². The van der Waals surface area contributed by atoms with E-state index in [1.165, 1.54) is 16.8 Å². The molecule has 0 amide bonds. The van der Waals surface area contributed by atoms with Gasteiger partial charge in [-0.25, -0.2) is 0 Å². The van der Waals surface area contributed by atoms with Crippen molar-refractivity contribution in [2.75, 3.05) is 18.0 Å². The molecule has 1 aliphatic rings. The van der Waals surface area contributed by atoms with Crippen LogP contribution in [-0.2, 0) is 13.0 Å². The number of hydrogen-bond acceptors (Lipinski definition) is 2. The fourth-order valence-electron chi connectivity index (χ4n) is 2.64. The summed E-state index contributed by atoms with van der Waals surface area (Å²) in [5.74, 6) is 5.93. The molecule has 2 heteroatoms. The Morgan fingerprint density at radius 1 is 1.05 bits per heavy atom. The third-order valence-corrected chi connectivity index (χ3v) is 3.65. The Morgan fingerprint density at radius 2 is 1.85 bits per heavy atom. The number of rotatable bonds is 2. The van der Waals surface area contributed by atoms with Gasteiger partial charge in [0.1, 0.15) is 0 Å². The molecule has 1 heterocycles. The number of nitrogens with zero attached hydrogens (tertiary/aromatic N) is 1. The molecule has 20 heavy (non-hydrogen) atoms. The molecule has 0 unspecified atom stereocenters. The molecule has 0 atom stereocenters. The summed E-state index contributed by atoms with van der Waals surface area (Å²) < 4.78 is 0. The Kier molecular flexibility index (Phi) is 3.71. The van der Waals surface area contributed by atoms with Crippen molar-refractivity contribution in [1.82, 2.24) is 0 Å². The monoisotopic (exact) mass is 262 g/mol. The summed E-state index contributed by atoms with van der Waals surface area (Å²) in [6.07, 6.45) is 1.15. The molecule has 2 aromatic carbocycles. The van der Waals surface area contributed by atoms with Gasteiger partial charge in [0.2, 0.25) is 0 Å². The molecule has 3 rings (SSSR count). The van der Waals surface area contributed by atoms with Crippen LogP contribution in [0.4, 0.5) is 5.69 Å². The summed E-state index contributed by atoms with van der Waals surface area (Å²) in [7, 11) is 0. The molecule has 2 N–H and O–H groups in total. The van der Waals surface area contributed by atoms with Gasteiger partial charge in [-0.15, -0.1) is 0 Å². The first-order valence-electron chi connectivity index (χ1n) is 6.97. The van der Waals surface area contributed by atoms with E-state index in [1.807, 2.05) is 0 Å². The molecule has 0 saturated carbocycles. The molecule has 0 spiro atoms. The van der Waals surface area contributed by atoms with Crippen molar-refractivity contribution in [1.29, 1.82) is 0 Å². The zero-order valence-corrected chi connectivity index (χ0v) is 11.5. The van der Waals surface area contributed by atoms with E-state index in [-0.39, 0.29) is 0 Å². The Morgan fingerprint density at radius 3 is 2.65 bits per heavy atom. The standard InChI is InChI=1S/C18H18N2/c19-12-3-4-15-7-9-16(10-8-15)14-20-13-11-17-5-1-2-6-18(17)20/h1-2,5-10H,11-14,19H2. The maximum Gasteiger partial charge on any atom is 0.0555 e. The highest BCUT2D eigenvalue weighted by Crippen LogP contribution is 2.28. The van der Waals surface area contributed by atoms with Gasteiger partial charge in [0.15, 0.2) is 0 Å². The van der Waals surface area contributed by atoms with Crippen molar-refractivity contribution in [3.8, 4) is 11.8 Å². The number of nitrogens with two attached hydrogens (primary N) is 1. The van der Waals surface area contributed by atoms with E-state index in [2.05, 4.69) is 65.3 Å². The number of benzene rings is 2. The second-order valence-corrected chi connectivity index (χ2v) is 5.00. The van der Waals surface area contributed by atoms with Crippen molar-refractivity contribution < 1.29 is 0 Å². The van der Waals surface area contributed by atoms with E-state index in [9.17, 15) is 0 Å². The van der Waals surface area contributed by atoms with Gasteiger partial charge < -0.3 is 10.6 Å². The Balaban J connectivity index is 1.73. The molecule has 0 aromatic heterocycles. The van der Waals surface area contributed by atoms with Crippen molar-refractivity contribution in [3.63, 3.8) is 0 Å². The van der Waals surface area contributed by atoms with Crippen LogP contribution in [0.5, 0.6) is 0 Å². The lowest BCUT2D eigenvalue weighted by molar-refractivity contribution is 0.836. The second-order valence-electron chi connectivity index (χ2n) is 5.00. The average Bonchev–Trinajstić information content (AvgIpc) is 2.90. The lowest BCUT2D eigenvalue weighted by atomic mass is 10.1. The molecule has 2 nitrogen and oxygen atoms in total. The first kappa shape index (κ1) is 12.8. The molecule has 100 valence electrons. The average molecular weight is 262 g/mol. The fraction of sp³-hybridized carbons (Fsp3) is 0.222. The summed E-state index contributed by atoms with van der Waals surface area (Å²) >= 11 is 0. The number of hydrogen-bond donors (Lipinski definition) is 1. The van der Waals surface area contributed by atoms with Gasteiger partial charge in [0.25, 0.3) is 0 Å². The third-order valence-electron chi connectivity index (χ3n) is 3.65. The molecule has 0 saturated heterocycles. The summed E-state index contributed by atoms with van der Waals surface area (Å²) in [6.45, 7) is 2.47. The number of anilines is 1. The van der Waals surface area contributed by atoms with Crippen LogP contribution < -0.4 is 10.6 Å². The van der Waals surface area contributed by atoms with Gasteiger partial charge in [0, 0.05) is 24.3 Å². The quantitative estimate of drug-likeness (QED) is 0.843. The maximum atomic E-state index is 5.38. The molecule has 0 fully saturated rings. The summed E-state index contributed by atoms with van der Waals surface area (Å²) in [4.78, 5) is 2.44. The smallest absolute Gasteiger partial charge is 0.0555 e. The summed E-state index contributed by atoms with van der Waals surface area (Å²) in [5, 5.41) is 0. The molecular formula is C18H18N2. The molecule has 0 radical (unpaired) electrons. The largest absolute Gasteiger partial charge is 0.367 e. The van der Waals surface area contributed by atoms with Crippen LogP contribution in [0, 0.1) is 11.8 Å². The zero-order valence-electron chi connectivity index (χ0n) is 11.5. The van der Waals surface area contributed by atoms with E-state index in [0.717, 1.165) is 25.1 Å². The van der Waals surface area contributed by atoms with Crippen LogP contribution >= 0.6 is 0 Å². The number of fused-ring (bicyclic) bond motifs is 1. The molecular weight excluding hydrogens is 244 g/mol. The van der Waals surface area contributed by atoms with Crippen LogP contribution in [0.2, 0.25) is 0 Å². The Hall–Kier alpha value is -2.24. The lowest BCUT2D eigenvalue weighted by Gasteiger charge is -2.19. The summed E-state index contributed by atoms with van der Waals surface area (Å²) in [6, 6.07) is 17.1. The topological polar surface area (TPSA) is 29.3 Å². The molecule has 0 aliphatic carbocycles. The van der Waals surface area contributed by atoms with Gasteiger partial charge in [-0.2, -0.15) is 0 Å². The van der Waals surface area contributed by atoms with Crippen LogP contribution in [0.3, 0.4) is 0 Å². The Bertz CT molecular complexity index is 647. The minimum atomic E-state index is 0.409.